The quantitative estimate of drug-likeness (QED) is 0.703. The fourth-order valence-corrected chi connectivity index (χ4v) is 1.53. The Labute approximate surface area is 113 Å². The van der Waals surface area contributed by atoms with Gasteiger partial charge in [0.05, 0.1) is 19.1 Å². The van der Waals surface area contributed by atoms with Crippen molar-refractivity contribution in [2.45, 2.75) is 26.3 Å². The number of amides is 2. The lowest BCUT2D eigenvalue weighted by atomic mass is 10.3. The zero-order valence-electron chi connectivity index (χ0n) is 11.6. The van der Waals surface area contributed by atoms with Gasteiger partial charge in [0.25, 0.3) is 0 Å². The number of rotatable bonds is 8. The number of urea groups is 1. The SMILES string of the molecule is COCCN(CC(=O)O)C(=O)N(CCC#N)C(C)C. The molecule has 0 aliphatic heterocycles. The highest BCUT2D eigenvalue weighted by molar-refractivity contribution is 5.80. The Bertz CT molecular complexity index is 338. The van der Waals surface area contributed by atoms with Crippen LogP contribution >= 0.6 is 0 Å². The summed E-state index contributed by atoms with van der Waals surface area (Å²) < 4.78 is 4.87. The Morgan fingerprint density at radius 1 is 1.37 bits per heavy atom. The lowest BCUT2D eigenvalue weighted by Crippen LogP contribution is -2.49. The number of hydrogen-bond acceptors (Lipinski definition) is 4. The largest absolute Gasteiger partial charge is 0.480 e. The fourth-order valence-electron chi connectivity index (χ4n) is 1.53. The number of methoxy groups -OCH3 is 1. The molecule has 0 radical (unpaired) electrons. The van der Waals surface area contributed by atoms with Crippen LogP contribution in [-0.2, 0) is 9.53 Å². The second kappa shape index (κ2) is 9.16. The minimum absolute atomic E-state index is 0.0975. The number of hydrogen-bond donors (Lipinski definition) is 1. The summed E-state index contributed by atoms with van der Waals surface area (Å²) in [4.78, 5) is 25.7. The number of carboxylic acid groups (broad SMARTS) is 1. The van der Waals surface area contributed by atoms with Crippen molar-refractivity contribution < 1.29 is 19.4 Å². The Balaban J connectivity index is 4.79. The highest BCUT2D eigenvalue weighted by Gasteiger charge is 2.24. The van der Waals surface area contributed by atoms with Gasteiger partial charge in [-0.15, -0.1) is 0 Å². The van der Waals surface area contributed by atoms with Crippen molar-refractivity contribution in [1.29, 1.82) is 5.26 Å². The number of nitrogens with zero attached hydrogens (tertiary/aromatic N) is 3. The van der Waals surface area contributed by atoms with Gasteiger partial charge in [0.15, 0.2) is 0 Å². The van der Waals surface area contributed by atoms with Crippen molar-refractivity contribution in [3.05, 3.63) is 0 Å². The maximum absolute atomic E-state index is 12.3. The summed E-state index contributed by atoms with van der Waals surface area (Å²) in [6.07, 6.45) is 0.217. The van der Waals surface area contributed by atoms with Crippen LogP contribution in [0.15, 0.2) is 0 Å². The highest BCUT2D eigenvalue weighted by atomic mass is 16.5. The topological polar surface area (TPSA) is 93.9 Å². The molecule has 108 valence electrons. The normalized spacial score (nSPS) is 10.1. The van der Waals surface area contributed by atoms with Crippen molar-refractivity contribution >= 4 is 12.0 Å². The van der Waals surface area contributed by atoms with E-state index in [9.17, 15) is 9.59 Å². The van der Waals surface area contributed by atoms with Crippen LogP contribution in [0.1, 0.15) is 20.3 Å². The van der Waals surface area contributed by atoms with E-state index in [0.29, 0.717) is 0 Å². The van der Waals surface area contributed by atoms with Crippen molar-refractivity contribution in [2.24, 2.45) is 0 Å². The first-order chi connectivity index (χ1) is 8.93. The average Bonchev–Trinajstić information content (AvgIpc) is 2.33. The first-order valence-corrected chi connectivity index (χ1v) is 6.07. The molecule has 0 unspecified atom stereocenters. The molecule has 19 heavy (non-hydrogen) atoms. The highest BCUT2D eigenvalue weighted by Crippen LogP contribution is 2.06. The van der Waals surface area contributed by atoms with Gasteiger partial charge in [0, 0.05) is 26.2 Å². The second-order valence-corrected chi connectivity index (χ2v) is 4.29. The molecule has 2 amide bonds. The van der Waals surface area contributed by atoms with Gasteiger partial charge in [-0.3, -0.25) is 4.79 Å². The smallest absolute Gasteiger partial charge is 0.323 e. The monoisotopic (exact) mass is 271 g/mol. The number of carboxylic acids is 1. The Morgan fingerprint density at radius 3 is 2.42 bits per heavy atom. The van der Waals surface area contributed by atoms with Crippen LogP contribution in [0, 0.1) is 11.3 Å². The Morgan fingerprint density at radius 2 is 2.00 bits per heavy atom. The zero-order valence-corrected chi connectivity index (χ0v) is 11.6. The third-order valence-corrected chi connectivity index (χ3v) is 2.50. The Kier molecular flexibility index (Phi) is 8.29. The molecule has 0 aromatic carbocycles. The maximum atomic E-state index is 12.3. The van der Waals surface area contributed by atoms with Gasteiger partial charge in [-0.1, -0.05) is 0 Å². The van der Waals surface area contributed by atoms with E-state index in [1.165, 1.54) is 16.9 Å². The van der Waals surface area contributed by atoms with Gasteiger partial charge in [0.1, 0.15) is 6.54 Å². The lowest BCUT2D eigenvalue weighted by Gasteiger charge is -2.32. The number of aliphatic carboxylic acids is 1. The third kappa shape index (κ3) is 6.62. The van der Waals surface area contributed by atoms with E-state index in [2.05, 4.69) is 0 Å². The average molecular weight is 271 g/mol. The second-order valence-electron chi connectivity index (χ2n) is 4.29. The molecule has 0 aliphatic carbocycles. The molecule has 0 bridgehead atoms. The molecular formula is C12H21N3O4. The van der Waals surface area contributed by atoms with Gasteiger partial charge >= 0.3 is 12.0 Å². The van der Waals surface area contributed by atoms with Crippen LogP contribution < -0.4 is 0 Å². The summed E-state index contributed by atoms with van der Waals surface area (Å²) in [5.41, 5.74) is 0. The van der Waals surface area contributed by atoms with E-state index < -0.39 is 5.97 Å². The molecular weight excluding hydrogens is 250 g/mol. The molecule has 0 saturated heterocycles. The molecule has 0 heterocycles. The fraction of sp³-hybridized carbons (Fsp3) is 0.750. The molecule has 0 aromatic rings. The molecule has 7 nitrogen and oxygen atoms in total. The first-order valence-electron chi connectivity index (χ1n) is 6.07. The minimum Gasteiger partial charge on any atom is -0.480 e. The summed E-state index contributed by atoms with van der Waals surface area (Å²) in [5, 5.41) is 17.4. The van der Waals surface area contributed by atoms with Crippen molar-refractivity contribution in [2.75, 3.05) is 33.4 Å². The predicted molar refractivity (Wildman–Crippen MR) is 68.6 cm³/mol. The first kappa shape index (κ1) is 17.2. The van der Waals surface area contributed by atoms with Crippen molar-refractivity contribution in [3.8, 4) is 6.07 Å². The van der Waals surface area contributed by atoms with Crippen LogP contribution in [-0.4, -0.2) is 66.3 Å². The van der Waals surface area contributed by atoms with Gasteiger partial charge < -0.3 is 19.6 Å². The minimum atomic E-state index is -1.08. The van der Waals surface area contributed by atoms with Crippen molar-refractivity contribution in [3.63, 3.8) is 0 Å². The molecule has 0 aromatic heterocycles. The van der Waals surface area contributed by atoms with Crippen LogP contribution in [0.4, 0.5) is 4.79 Å². The summed E-state index contributed by atoms with van der Waals surface area (Å²) in [6, 6.07) is 1.50. The maximum Gasteiger partial charge on any atom is 0.323 e. The van der Waals surface area contributed by atoms with Gasteiger partial charge in [-0.05, 0) is 13.8 Å². The molecule has 0 rings (SSSR count). The molecule has 0 fully saturated rings. The van der Waals surface area contributed by atoms with Gasteiger partial charge in [-0.2, -0.15) is 5.26 Å². The number of carbonyl (C=O) groups excluding carboxylic acids is 1. The molecule has 0 spiro atoms. The Hall–Kier alpha value is -1.81. The van der Waals surface area contributed by atoms with E-state index in [0.717, 1.165) is 0 Å². The molecule has 0 atom stereocenters. The van der Waals surface area contributed by atoms with E-state index in [1.54, 1.807) is 0 Å². The lowest BCUT2D eigenvalue weighted by molar-refractivity contribution is -0.137. The number of nitriles is 1. The van der Waals surface area contributed by atoms with Crippen LogP contribution in [0.5, 0.6) is 0 Å². The predicted octanol–water partition coefficient (Wildman–Crippen LogP) is 0.763. The third-order valence-electron chi connectivity index (χ3n) is 2.50. The standard InChI is InChI=1S/C12H21N3O4/c1-10(2)15(6-4-5-13)12(18)14(7-8-19-3)9-11(16)17/h10H,4,6-9H2,1-3H3,(H,16,17). The number of ether oxygens (including phenoxy) is 1. The van der Waals surface area contributed by atoms with E-state index in [1.807, 2.05) is 19.9 Å². The summed E-state index contributed by atoms with van der Waals surface area (Å²) in [6.45, 7) is 4.03. The van der Waals surface area contributed by atoms with Gasteiger partial charge in [0.2, 0.25) is 0 Å². The van der Waals surface area contributed by atoms with Crippen LogP contribution in [0.3, 0.4) is 0 Å². The molecule has 0 aliphatic rings. The van der Waals surface area contributed by atoms with E-state index in [-0.39, 0.29) is 44.7 Å². The van der Waals surface area contributed by atoms with Crippen LogP contribution in [0.2, 0.25) is 0 Å². The molecule has 7 heteroatoms. The van der Waals surface area contributed by atoms with Crippen molar-refractivity contribution in [1.82, 2.24) is 9.80 Å². The van der Waals surface area contributed by atoms with Gasteiger partial charge in [-0.25, -0.2) is 4.79 Å². The van der Waals surface area contributed by atoms with E-state index >= 15 is 0 Å². The summed E-state index contributed by atoms with van der Waals surface area (Å²) >= 11 is 0. The number of carbonyl (C=O) groups is 2. The molecule has 1 N–H and O–H groups in total. The summed E-state index contributed by atoms with van der Waals surface area (Å²) in [5.74, 6) is -1.08. The zero-order chi connectivity index (χ0) is 14.8. The van der Waals surface area contributed by atoms with E-state index in [4.69, 9.17) is 15.1 Å². The van der Waals surface area contributed by atoms with Crippen LogP contribution in [0.25, 0.3) is 0 Å². The summed E-state index contributed by atoms with van der Waals surface area (Å²) in [7, 11) is 1.49. The molecule has 0 saturated carbocycles.